The van der Waals surface area contributed by atoms with Gasteiger partial charge in [-0.2, -0.15) is 0 Å². The van der Waals surface area contributed by atoms with E-state index in [1.807, 2.05) is 18.2 Å². The summed E-state index contributed by atoms with van der Waals surface area (Å²) in [5.74, 6) is 1.08. The number of carbonyl (C=O) groups excluding carboxylic acids is 2. The first-order valence-electron chi connectivity index (χ1n) is 7.82. The molecular weight excluding hydrogens is 310 g/mol. The van der Waals surface area contributed by atoms with Crippen molar-refractivity contribution in [1.82, 2.24) is 10.1 Å². The Morgan fingerprint density at radius 3 is 2.71 bits per heavy atom. The van der Waals surface area contributed by atoms with Crippen LogP contribution >= 0.6 is 0 Å². The maximum absolute atomic E-state index is 12.4. The van der Waals surface area contributed by atoms with Crippen LogP contribution in [0.15, 0.2) is 40.9 Å². The Bertz CT molecular complexity index is 710. The molecule has 1 aliphatic carbocycles. The van der Waals surface area contributed by atoms with Crippen LogP contribution in [0.3, 0.4) is 0 Å². The summed E-state index contributed by atoms with van der Waals surface area (Å²) in [7, 11) is 0. The van der Waals surface area contributed by atoms with E-state index in [2.05, 4.69) is 10.5 Å². The maximum Gasteiger partial charge on any atom is 0.261 e. The molecule has 1 aromatic carbocycles. The number of para-hydroxylation sites is 1. The monoisotopic (exact) mass is 329 g/mol. The number of carbonyl (C=O) groups is 2. The van der Waals surface area contributed by atoms with Gasteiger partial charge in [0.1, 0.15) is 18.1 Å². The molecule has 24 heavy (non-hydrogen) atoms. The van der Waals surface area contributed by atoms with Crippen molar-refractivity contribution in [3.63, 3.8) is 0 Å². The lowest BCUT2D eigenvalue weighted by Crippen LogP contribution is -2.42. The molecule has 1 N–H and O–H groups in total. The zero-order valence-electron chi connectivity index (χ0n) is 13.4. The van der Waals surface area contributed by atoms with E-state index in [0.717, 1.165) is 12.8 Å². The van der Waals surface area contributed by atoms with Crippen molar-refractivity contribution >= 4 is 17.6 Å². The zero-order valence-corrected chi connectivity index (χ0v) is 13.4. The molecule has 0 bridgehead atoms. The minimum absolute atomic E-state index is 0.0203. The van der Waals surface area contributed by atoms with Gasteiger partial charge in [-0.25, -0.2) is 0 Å². The molecule has 1 heterocycles. The van der Waals surface area contributed by atoms with Crippen LogP contribution in [-0.4, -0.2) is 41.1 Å². The molecule has 0 atom stereocenters. The van der Waals surface area contributed by atoms with E-state index in [-0.39, 0.29) is 31.0 Å². The third-order valence-corrected chi connectivity index (χ3v) is 3.62. The minimum Gasteiger partial charge on any atom is -0.484 e. The lowest BCUT2D eigenvalue weighted by atomic mass is 10.3. The van der Waals surface area contributed by atoms with E-state index in [4.69, 9.17) is 9.26 Å². The normalized spacial score (nSPS) is 13.4. The molecule has 0 aliphatic heterocycles. The molecule has 0 spiro atoms. The van der Waals surface area contributed by atoms with Crippen molar-refractivity contribution in [3.8, 4) is 5.75 Å². The number of amides is 2. The van der Waals surface area contributed by atoms with Gasteiger partial charge in [0.05, 0.1) is 0 Å². The largest absolute Gasteiger partial charge is 0.484 e. The molecule has 0 radical (unpaired) electrons. The highest BCUT2D eigenvalue weighted by molar-refractivity contribution is 5.94. The molecule has 7 heteroatoms. The van der Waals surface area contributed by atoms with Crippen LogP contribution < -0.4 is 10.1 Å². The van der Waals surface area contributed by atoms with Crippen LogP contribution in [0.1, 0.15) is 18.6 Å². The number of hydrogen-bond donors (Lipinski definition) is 1. The van der Waals surface area contributed by atoms with Crippen molar-refractivity contribution in [2.45, 2.75) is 25.8 Å². The predicted octanol–water partition coefficient (Wildman–Crippen LogP) is 1.99. The molecule has 2 amide bonds. The molecule has 7 nitrogen and oxygen atoms in total. The highest BCUT2D eigenvalue weighted by atomic mass is 16.5. The van der Waals surface area contributed by atoms with Gasteiger partial charge < -0.3 is 19.5 Å². The summed E-state index contributed by atoms with van der Waals surface area (Å²) in [5.41, 5.74) is 0. The fraction of sp³-hybridized carbons (Fsp3) is 0.353. The Labute approximate surface area is 139 Å². The smallest absolute Gasteiger partial charge is 0.261 e. The number of benzene rings is 1. The summed E-state index contributed by atoms with van der Waals surface area (Å²) < 4.78 is 10.4. The fourth-order valence-corrected chi connectivity index (χ4v) is 2.31. The topological polar surface area (TPSA) is 84.7 Å². The number of nitrogens with zero attached hydrogens (tertiary/aromatic N) is 2. The number of nitrogens with one attached hydrogen (secondary N) is 1. The molecule has 126 valence electrons. The number of aryl methyl sites for hydroxylation is 1. The van der Waals surface area contributed by atoms with Crippen molar-refractivity contribution in [3.05, 3.63) is 42.2 Å². The van der Waals surface area contributed by atoms with Gasteiger partial charge in [0.15, 0.2) is 12.4 Å². The van der Waals surface area contributed by atoms with Crippen LogP contribution in [0.2, 0.25) is 0 Å². The van der Waals surface area contributed by atoms with Gasteiger partial charge in [-0.05, 0) is 31.9 Å². The van der Waals surface area contributed by atoms with Gasteiger partial charge in [-0.15, -0.1) is 0 Å². The Kier molecular flexibility index (Phi) is 4.79. The van der Waals surface area contributed by atoms with E-state index in [1.54, 1.807) is 30.0 Å². The van der Waals surface area contributed by atoms with Gasteiger partial charge in [0.25, 0.3) is 5.91 Å². The van der Waals surface area contributed by atoms with Crippen molar-refractivity contribution < 1.29 is 18.8 Å². The summed E-state index contributed by atoms with van der Waals surface area (Å²) in [4.78, 5) is 26.1. The maximum atomic E-state index is 12.4. The van der Waals surface area contributed by atoms with Crippen LogP contribution in [0.25, 0.3) is 0 Å². The van der Waals surface area contributed by atoms with E-state index in [1.165, 1.54) is 0 Å². The van der Waals surface area contributed by atoms with Crippen LogP contribution in [-0.2, 0) is 9.59 Å². The van der Waals surface area contributed by atoms with E-state index in [9.17, 15) is 9.59 Å². The lowest BCUT2D eigenvalue weighted by molar-refractivity contribution is -0.137. The molecule has 1 aromatic heterocycles. The summed E-state index contributed by atoms with van der Waals surface area (Å²) in [6.45, 7) is 1.63. The highest BCUT2D eigenvalue weighted by Crippen LogP contribution is 2.27. The summed E-state index contributed by atoms with van der Waals surface area (Å²) in [5, 5.41) is 6.34. The van der Waals surface area contributed by atoms with Gasteiger partial charge in [0.2, 0.25) is 5.91 Å². The lowest BCUT2D eigenvalue weighted by Gasteiger charge is -2.21. The first-order valence-corrected chi connectivity index (χ1v) is 7.82. The standard InChI is InChI=1S/C17H19N3O4/c1-12-9-15(19-24-12)18-16(21)10-20(13-7-8-13)17(22)11-23-14-5-3-2-4-6-14/h2-6,9,13H,7-8,10-11H2,1H3,(H,18,19,21). The van der Waals surface area contributed by atoms with Crippen LogP contribution in [0, 0.1) is 6.92 Å². The average Bonchev–Trinajstić information content (AvgIpc) is 3.34. The third-order valence-electron chi connectivity index (χ3n) is 3.62. The van der Waals surface area contributed by atoms with Crippen LogP contribution in [0.5, 0.6) is 5.75 Å². The van der Waals surface area contributed by atoms with Crippen molar-refractivity contribution in [2.75, 3.05) is 18.5 Å². The minimum atomic E-state index is -0.303. The van der Waals surface area contributed by atoms with Gasteiger partial charge in [-0.1, -0.05) is 23.4 Å². The SMILES string of the molecule is Cc1cc(NC(=O)CN(C(=O)COc2ccccc2)C2CC2)no1. The first-order chi connectivity index (χ1) is 11.6. The first kappa shape index (κ1) is 16.0. The second kappa shape index (κ2) is 7.16. The summed E-state index contributed by atoms with van der Waals surface area (Å²) in [6.07, 6.45) is 1.82. The molecule has 0 unspecified atom stereocenters. The van der Waals surface area contributed by atoms with Gasteiger partial charge in [-0.3, -0.25) is 9.59 Å². The molecule has 2 aromatic rings. The number of ether oxygens (including phenoxy) is 1. The van der Waals surface area contributed by atoms with Crippen molar-refractivity contribution in [2.24, 2.45) is 0 Å². The Morgan fingerprint density at radius 2 is 2.08 bits per heavy atom. The number of anilines is 1. The molecular formula is C17H19N3O4. The predicted molar refractivity (Wildman–Crippen MR) is 86.5 cm³/mol. The average molecular weight is 329 g/mol. The zero-order chi connectivity index (χ0) is 16.9. The fourth-order valence-electron chi connectivity index (χ4n) is 2.31. The summed E-state index contributed by atoms with van der Waals surface area (Å²) in [6, 6.07) is 10.9. The van der Waals surface area contributed by atoms with Crippen molar-refractivity contribution in [1.29, 1.82) is 0 Å². The van der Waals surface area contributed by atoms with E-state index >= 15 is 0 Å². The third kappa shape index (κ3) is 4.34. The van der Waals surface area contributed by atoms with E-state index in [0.29, 0.717) is 17.3 Å². The molecule has 3 rings (SSSR count). The second-order valence-corrected chi connectivity index (χ2v) is 5.73. The highest BCUT2D eigenvalue weighted by Gasteiger charge is 2.34. The Balaban J connectivity index is 1.54. The molecule has 1 fully saturated rings. The Morgan fingerprint density at radius 1 is 1.33 bits per heavy atom. The molecule has 0 saturated heterocycles. The number of rotatable bonds is 7. The molecule has 1 aliphatic rings. The quantitative estimate of drug-likeness (QED) is 0.840. The second-order valence-electron chi connectivity index (χ2n) is 5.73. The van der Waals surface area contributed by atoms with Gasteiger partial charge >= 0.3 is 0 Å². The van der Waals surface area contributed by atoms with E-state index < -0.39 is 0 Å². The molecule has 1 saturated carbocycles. The number of hydrogen-bond acceptors (Lipinski definition) is 5. The van der Waals surface area contributed by atoms with Crippen LogP contribution in [0.4, 0.5) is 5.82 Å². The number of aromatic nitrogens is 1. The van der Waals surface area contributed by atoms with Gasteiger partial charge in [0, 0.05) is 12.1 Å². The summed E-state index contributed by atoms with van der Waals surface area (Å²) >= 11 is 0. The Hall–Kier alpha value is -2.83.